The molecule has 2 heterocycles. The van der Waals surface area contributed by atoms with Gasteiger partial charge in [-0.15, -0.1) is 0 Å². The van der Waals surface area contributed by atoms with Crippen molar-refractivity contribution in [2.24, 2.45) is 0 Å². The molecule has 6 nitrogen and oxygen atoms in total. The number of para-hydroxylation sites is 1. The molecule has 0 aliphatic carbocycles. The third kappa shape index (κ3) is 5.13. The number of fused-ring (bicyclic) bond motifs is 2. The molecule has 0 unspecified atom stereocenters. The molecule has 3 aromatic rings. The molecule has 3 aromatic carbocycles. The van der Waals surface area contributed by atoms with Gasteiger partial charge < -0.3 is 18.9 Å². The SMILES string of the molecule is COB(OC=O)c1ccc(OCc2ccc(CN3CCC4(CC3)CN(C)c3ccccc34)cc2)cc1. The van der Waals surface area contributed by atoms with Crippen LogP contribution in [-0.4, -0.2) is 52.3 Å². The highest BCUT2D eigenvalue weighted by atomic mass is 16.6. The zero-order chi connectivity index (χ0) is 25.0. The molecule has 7 heteroatoms. The molecular formula is C29H33BN2O4. The number of carbonyl (C=O) groups is 1. The molecule has 0 N–H and O–H groups in total. The van der Waals surface area contributed by atoms with Crippen LogP contribution in [0.4, 0.5) is 5.69 Å². The van der Waals surface area contributed by atoms with Crippen LogP contribution in [0.5, 0.6) is 5.75 Å². The molecule has 1 fully saturated rings. The van der Waals surface area contributed by atoms with Crippen molar-refractivity contribution >= 4 is 24.7 Å². The molecule has 0 saturated carbocycles. The van der Waals surface area contributed by atoms with E-state index in [0.29, 0.717) is 18.5 Å². The van der Waals surface area contributed by atoms with Crippen molar-refractivity contribution in [3.05, 3.63) is 89.5 Å². The largest absolute Gasteiger partial charge is 0.564 e. The van der Waals surface area contributed by atoms with E-state index in [9.17, 15) is 4.79 Å². The Morgan fingerprint density at radius 3 is 2.33 bits per heavy atom. The highest BCUT2D eigenvalue weighted by Gasteiger charge is 2.43. The number of hydrogen-bond donors (Lipinski definition) is 0. The Balaban J connectivity index is 1.11. The topological polar surface area (TPSA) is 51.2 Å². The van der Waals surface area contributed by atoms with Crippen LogP contribution >= 0.6 is 0 Å². The van der Waals surface area contributed by atoms with Crippen LogP contribution in [0.3, 0.4) is 0 Å². The number of anilines is 1. The van der Waals surface area contributed by atoms with E-state index in [1.54, 1.807) is 5.56 Å². The van der Waals surface area contributed by atoms with E-state index >= 15 is 0 Å². The summed E-state index contributed by atoms with van der Waals surface area (Å²) in [5.74, 6) is 0.755. The lowest BCUT2D eigenvalue weighted by Gasteiger charge is -2.40. The van der Waals surface area contributed by atoms with E-state index in [0.717, 1.165) is 43.0 Å². The Labute approximate surface area is 213 Å². The van der Waals surface area contributed by atoms with Crippen molar-refractivity contribution in [1.82, 2.24) is 4.90 Å². The summed E-state index contributed by atoms with van der Waals surface area (Å²) in [4.78, 5) is 15.6. The molecule has 2 aliphatic rings. The van der Waals surface area contributed by atoms with Gasteiger partial charge in [-0.1, -0.05) is 54.6 Å². The number of likely N-dealkylation sites (N-methyl/N-ethyl adjacent to an activating group) is 1. The van der Waals surface area contributed by atoms with Crippen molar-refractivity contribution in [3.63, 3.8) is 0 Å². The monoisotopic (exact) mass is 484 g/mol. The van der Waals surface area contributed by atoms with E-state index in [4.69, 9.17) is 14.0 Å². The molecular weight excluding hydrogens is 451 g/mol. The van der Waals surface area contributed by atoms with Gasteiger partial charge in [-0.25, -0.2) is 0 Å². The summed E-state index contributed by atoms with van der Waals surface area (Å²) in [5.41, 5.74) is 6.49. The quantitative estimate of drug-likeness (QED) is 0.341. The van der Waals surface area contributed by atoms with E-state index in [1.165, 1.54) is 31.2 Å². The summed E-state index contributed by atoms with van der Waals surface area (Å²) in [6, 6.07) is 25.0. The maximum Gasteiger partial charge on any atom is 0.564 e. The summed E-state index contributed by atoms with van der Waals surface area (Å²) in [6.45, 7) is 5.27. The zero-order valence-corrected chi connectivity index (χ0v) is 21.1. The number of likely N-dealkylation sites (tertiary alicyclic amines) is 1. The maximum atomic E-state index is 10.6. The van der Waals surface area contributed by atoms with Gasteiger partial charge in [-0.3, -0.25) is 9.69 Å². The van der Waals surface area contributed by atoms with Gasteiger partial charge in [0, 0.05) is 38.3 Å². The van der Waals surface area contributed by atoms with Crippen molar-refractivity contribution in [1.29, 1.82) is 0 Å². The second kappa shape index (κ2) is 10.8. The van der Waals surface area contributed by atoms with E-state index in [-0.39, 0.29) is 0 Å². The van der Waals surface area contributed by atoms with E-state index in [2.05, 4.69) is 65.4 Å². The van der Waals surface area contributed by atoms with Crippen LogP contribution in [0.25, 0.3) is 0 Å². The Kier molecular flexibility index (Phi) is 7.30. The summed E-state index contributed by atoms with van der Waals surface area (Å²) in [7, 11) is 3.02. The minimum Gasteiger partial charge on any atom is -0.508 e. The molecule has 0 amide bonds. The van der Waals surface area contributed by atoms with Crippen LogP contribution in [-0.2, 0) is 32.7 Å². The average molecular weight is 484 g/mol. The van der Waals surface area contributed by atoms with Gasteiger partial charge in [0.15, 0.2) is 0 Å². The standard InChI is InChI=1S/C29H33BN2O4/c1-31-21-29(27-5-3-4-6-28(27)31)15-17-32(18-16-29)19-23-7-9-24(10-8-23)20-35-26-13-11-25(12-14-26)30(34-2)36-22-33/h3-14,22H,15-21H2,1-2H3. The number of rotatable bonds is 9. The third-order valence-corrected chi connectivity index (χ3v) is 7.62. The first-order valence-corrected chi connectivity index (χ1v) is 12.6. The molecule has 0 atom stereocenters. The Hall–Kier alpha value is -3.29. The van der Waals surface area contributed by atoms with Gasteiger partial charge >= 0.3 is 7.12 Å². The number of ether oxygens (including phenoxy) is 1. The fourth-order valence-corrected chi connectivity index (χ4v) is 5.65. The number of piperidine rings is 1. The van der Waals surface area contributed by atoms with Crippen LogP contribution in [0.1, 0.15) is 29.5 Å². The summed E-state index contributed by atoms with van der Waals surface area (Å²) in [6.07, 6.45) is 2.43. The third-order valence-electron chi connectivity index (χ3n) is 7.62. The van der Waals surface area contributed by atoms with Gasteiger partial charge in [0.1, 0.15) is 12.4 Å². The average Bonchev–Trinajstić information content (AvgIpc) is 3.20. The van der Waals surface area contributed by atoms with Crippen LogP contribution < -0.4 is 15.1 Å². The maximum absolute atomic E-state index is 10.6. The van der Waals surface area contributed by atoms with Crippen molar-refractivity contribution in [3.8, 4) is 5.75 Å². The molecule has 1 saturated heterocycles. The number of hydrogen-bond acceptors (Lipinski definition) is 6. The second-order valence-electron chi connectivity index (χ2n) is 9.90. The van der Waals surface area contributed by atoms with Crippen molar-refractivity contribution in [2.75, 3.05) is 38.7 Å². The minimum absolute atomic E-state index is 0.313. The van der Waals surface area contributed by atoms with E-state index in [1.807, 2.05) is 24.3 Å². The Morgan fingerprint density at radius 1 is 0.944 bits per heavy atom. The smallest absolute Gasteiger partial charge is 0.508 e. The molecule has 36 heavy (non-hydrogen) atoms. The summed E-state index contributed by atoms with van der Waals surface area (Å²) < 4.78 is 16.0. The molecule has 1 spiro atoms. The fraction of sp³-hybridized carbons (Fsp3) is 0.345. The Bertz CT molecular complexity index is 1160. The minimum atomic E-state index is -0.704. The lowest BCUT2D eigenvalue weighted by atomic mass is 9.74. The number of benzene rings is 3. The lowest BCUT2D eigenvalue weighted by molar-refractivity contribution is -0.121. The molecule has 186 valence electrons. The first-order chi connectivity index (χ1) is 17.6. The van der Waals surface area contributed by atoms with Crippen LogP contribution in [0.15, 0.2) is 72.8 Å². The fourth-order valence-electron chi connectivity index (χ4n) is 5.65. The van der Waals surface area contributed by atoms with Gasteiger partial charge in [-0.05, 0) is 66.3 Å². The first-order valence-electron chi connectivity index (χ1n) is 12.6. The number of nitrogens with zero attached hydrogens (tertiary/aromatic N) is 2. The van der Waals surface area contributed by atoms with E-state index < -0.39 is 7.12 Å². The predicted octanol–water partition coefficient (Wildman–Crippen LogP) is 3.76. The zero-order valence-electron chi connectivity index (χ0n) is 21.1. The first kappa shape index (κ1) is 24.4. The van der Waals surface area contributed by atoms with Crippen LogP contribution in [0.2, 0.25) is 0 Å². The highest BCUT2D eigenvalue weighted by molar-refractivity contribution is 6.62. The van der Waals surface area contributed by atoms with Crippen molar-refractivity contribution in [2.45, 2.75) is 31.4 Å². The molecule has 2 aliphatic heterocycles. The molecule has 5 rings (SSSR count). The molecule has 0 aromatic heterocycles. The van der Waals surface area contributed by atoms with Gasteiger partial charge in [0.05, 0.1) is 0 Å². The van der Waals surface area contributed by atoms with Gasteiger partial charge in [0.2, 0.25) is 0 Å². The summed E-state index contributed by atoms with van der Waals surface area (Å²) in [5, 5.41) is 0. The van der Waals surface area contributed by atoms with Gasteiger partial charge in [-0.2, -0.15) is 0 Å². The predicted molar refractivity (Wildman–Crippen MR) is 143 cm³/mol. The second-order valence-corrected chi connectivity index (χ2v) is 9.90. The van der Waals surface area contributed by atoms with Gasteiger partial charge in [0.25, 0.3) is 6.47 Å². The molecule has 0 radical (unpaired) electrons. The van der Waals surface area contributed by atoms with Crippen LogP contribution in [0, 0.1) is 0 Å². The Morgan fingerprint density at radius 2 is 1.64 bits per heavy atom. The normalized spacial score (nSPS) is 16.6. The molecule has 0 bridgehead atoms. The van der Waals surface area contributed by atoms with Crippen molar-refractivity contribution < 1.29 is 18.8 Å². The highest BCUT2D eigenvalue weighted by Crippen LogP contribution is 2.46. The lowest BCUT2D eigenvalue weighted by Crippen LogP contribution is -2.44. The summed E-state index contributed by atoms with van der Waals surface area (Å²) >= 11 is 0. The number of carbonyl (C=O) groups excluding carboxylic acids is 1.